The Morgan fingerprint density at radius 1 is 1.33 bits per heavy atom. The smallest absolute Gasteiger partial charge is 0.142 e. The Labute approximate surface area is 112 Å². The second-order valence-electron chi connectivity index (χ2n) is 4.85. The lowest BCUT2D eigenvalue weighted by Crippen LogP contribution is -2.35. The molecule has 1 aromatic carbocycles. The molecule has 100 valence electrons. The summed E-state index contributed by atoms with van der Waals surface area (Å²) in [5, 5.41) is 9.36. The van der Waals surface area contributed by atoms with Crippen molar-refractivity contribution in [2.75, 3.05) is 13.2 Å². The summed E-state index contributed by atoms with van der Waals surface area (Å²) in [6.07, 6.45) is 4.80. The molecule has 1 aromatic rings. The van der Waals surface area contributed by atoms with Crippen molar-refractivity contribution in [2.24, 2.45) is 0 Å². The predicted molar refractivity (Wildman–Crippen MR) is 71.2 cm³/mol. The van der Waals surface area contributed by atoms with Crippen LogP contribution in [-0.4, -0.2) is 29.2 Å². The first-order chi connectivity index (χ1) is 8.72. The van der Waals surface area contributed by atoms with Gasteiger partial charge in [0.25, 0.3) is 0 Å². The summed E-state index contributed by atoms with van der Waals surface area (Å²) in [5.41, 5.74) is 0.803. The summed E-state index contributed by atoms with van der Waals surface area (Å²) >= 11 is 5.98. The molecule has 0 aliphatic heterocycles. The van der Waals surface area contributed by atoms with Gasteiger partial charge in [-0.05, 0) is 24.5 Å². The monoisotopic (exact) mass is 271 g/mol. The van der Waals surface area contributed by atoms with Crippen molar-refractivity contribution in [3.63, 3.8) is 0 Å². The SMILES string of the molecule is OCCN(Cc1cccc(F)c1Cl)C1CCCC1. The molecule has 0 spiro atoms. The average molecular weight is 272 g/mol. The van der Waals surface area contributed by atoms with E-state index in [4.69, 9.17) is 16.7 Å². The molecule has 0 atom stereocenters. The van der Waals surface area contributed by atoms with Gasteiger partial charge in [0.1, 0.15) is 5.82 Å². The quantitative estimate of drug-likeness (QED) is 0.889. The number of benzene rings is 1. The number of nitrogens with zero attached hydrogens (tertiary/aromatic N) is 1. The summed E-state index contributed by atoms with van der Waals surface area (Å²) < 4.78 is 13.4. The lowest BCUT2D eigenvalue weighted by Gasteiger charge is -2.28. The molecule has 0 aromatic heterocycles. The summed E-state index contributed by atoms with van der Waals surface area (Å²) in [7, 11) is 0. The van der Waals surface area contributed by atoms with Crippen LogP contribution in [0.1, 0.15) is 31.2 Å². The Morgan fingerprint density at radius 3 is 2.72 bits per heavy atom. The van der Waals surface area contributed by atoms with Gasteiger partial charge in [-0.25, -0.2) is 4.39 Å². The highest BCUT2D eigenvalue weighted by Gasteiger charge is 2.23. The van der Waals surface area contributed by atoms with Crippen LogP contribution >= 0.6 is 11.6 Å². The van der Waals surface area contributed by atoms with Gasteiger partial charge in [0.15, 0.2) is 0 Å². The van der Waals surface area contributed by atoms with Crippen molar-refractivity contribution in [3.05, 3.63) is 34.6 Å². The molecule has 2 nitrogen and oxygen atoms in total. The molecule has 0 heterocycles. The molecular weight excluding hydrogens is 253 g/mol. The highest BCUT2D eigenvalue weighted by molar-refractivity contribution is 6.31. The van der Waals surface area contributed by atoms with E-state index in [0.29, 0.717) is 19.1 Å². The standard InChI is InChI=1S/C14H19ClFNO/c15-14-11(4-3-7-13(14)16)10-17(8-9-18)12-5-1-2-6-12/h3-4,7,12,18H,1-2,5-6,8-10H2. The topological polar surface area (TPSA) is 23.5 Å². The first-order valence-corrected chi connectivity index (χ1v) is 6.88. The maximum atomic E-state index is 13.4. The van der Waals surface area contributed by atoms with Crippen molar-refractivity contribution >= 4 is 11.6 Å². The van der Waals surface area contributed by atoms with Gasteiger partial charge in [0.05, 0.1) is 11.6 Å². The van der Waals surface area contributed by atoms with Gasteiger partial charge in [0, 0.05) is 19.1 Å². The maximum absolute atomic E-state index is 13.4. The fraction of sp³-hybridized carbons (Fsp3) is 0.571. The van der Waals surface area contributed by atoms with Crippen LogP contribution in [0.2, 0.25) is 5.02 Å². The molecule has 1 saturated carbocycles. The van der Waals surface area contributed by atoms with E-state index in [1.165, 1.54) is 18.9 Å². The third-order valence-corrected chi connectivity index (χ3v) is 4.06. The second-order valence-corrected chi connectivity index (χ2v) is 5.22. The van der Waals surface area contributed by atoms with E-state index < -0.39 is 0 Å². The molecule has 4 heteroatoms. The fourth-order valence-corrected chi connectivity index (χ4v) is 2.86. The van der Waals surface area contributed by atoms with E-state index in [-0.39, 0.29) is 17.4 Å². The van der Waals surface area contributed by atoms with E-state index in [9.17, 15) is 4.39 Å². The summed E-state index contributed by atoms with van der Waals surface area (Å²) in [5.74, 6) is -0.371. The van der Waals surface area contributed by atoms with Crippen LogP contribution in [0, 0.1) is 5.82 Å². The number of aliphatic hydroxyl groups is 1. The van der Waals surface area contributed by atoms with Crippen molar-refractivity contribution in [3.8, 4) is 0 Å². The predicted octanol–water partition coefficient (Wildman–Crippen LogP) is 3.22. The Bertz CT molecular complexity index is 393. The molecule has 1 fully saturated rings. The zero-order valence-electron chi connectivity index (χ0n) is 10.4. The molecule has 1 aliphatic carbocycles. The highest BCUT2D eigenvalue weighted by atomic mass is 35.5. The largest absolute Gasteiger partial charge is 0.395 e. The van der Waals surface area contributed by atoms with Crippen LogP contribution in [0.5, 0.6) is 0 Å². The van der Waals surface area contributed by atoms with Crippen molar-refractivity contribution in [2.45, 2.75) is 38.3 Å². The summed E-state index contributed by atoms with van der Waals surface area (Å²) in [6.45, 7) is 1.36. The minimum Gasteiger partial charge on any atom is -0.395 e. The van der Waals surface area contributed by atoms with Crippen LogP contribution in [0.3, 0.4) is 0 Å². The number of halogens is 2. The highest BCUT2D eigenvalue weighted by Crippen LogP contribution is 2.27. The van der Waals surface area contributed by atoms with Crippen LogP contribution in [0.15, 0.2) is 18.2 Å². The summed E-state index contributed by atoms with van der Waals surface area (Å²) in [4.78, 5) is 2.22. The van der Waals surface area contributed by atoms with Gasteiger partial charge < -0.3 is 5.11 Å². The molecule has 0 amide bonds. The number of hydrogen-bond acceptors (Lipinski definition) is 2. The van der Waals surface area contributed by atoms with Crippen LogP contribution in [-0.2, 0) is 6.54 Å². The normalized spacial score (nSPS) is 16.7. The van der Waals surface area contributed by atoms with E-state index in [1.807, 2.05) is 6.07 Å². The molecule has 18 heavy (non-hydrogen) atoms. The van der Waals surface area contributed by atoms with Gasteiger partial charge in [-0.15, -0.1) is 0 Å². The third kappa shape index (κ3) is 3.22. The average Bonchev–Trinajstić information content (AvgIpc) is 2.88. The van der Waals surface area contributed by atoms with Gasteiger partial charge in [0.2, 0.25) is 0 Å². The molecule has 0 unspecified atom stereocenters. The van der Waals surface area contributed by atoms with E-state index in [1.54, 1.807) is 6.07 Å². The van der Waals surface area contributed by atoms with E-state index >= 15 is 0 Å². The van der Waals surface area contributed by atoms with Crippen molar-refractivity contribution < 1.29 is 9.50 Å². The first kappa shape index (κ1) is 13.8. The van der Waals surface area contributed by atoms with Gasteiger partial charge in [-0.1, -0.05) is 36.6 Å². The zero-order valence-corrected chi connectivity index (χ0v) is 11.2. The van der Waals surface area contributed by atoms with Crippen molar-refractivity contribution in [1.29, 1.82) is 0 Å². The van der Waals surface area contributed by atoms with Gasteiger partial charge >= 0.3 is 0 Å². The maximum Gasteiger partial charge on any atom is 0.142 e. The molecule has 2 rings (SSSR count). The van der Waals surface area contributed by atoms with Gasteiger partial charge in [-0.2, -0.15) is 0 Å². The van der Waals surface area contributed by atoms with Crippen LogP contribution in [0.25, 0.3) is 0 Å². The van der Waals surface area contributed by atoms with Crippen molar-refractivity contribution in [1.82, 2.24) is 4.90 Å². The minimum atomic E-state index is -0.371. The van der Waals surface area contributed by atoms with E-state index in [0.717, 1.165) is 18.4 Å². The minimum absolute atomic E-state index is 0.128. The number of rotatable bonds is 5. The lowest BCUT2D eigenvalue weighted by atomic mass is 10.1. The second kappa shape index (κ2) is 6.50. The molecule has 0 radical (unpaired) electrons. The Balaban J connectivity index is 2.10. The Morgan fingerprint density at radius 2 is 2.06 bits per heavy atom. The molecule has 0 saturated heterocycles. The third-order valence-electron chi connectivity index (χ3n) is 3.63. The number of aliphatic hydroxyl groups excluding tert-OH is 1. The van der Waals surface area contributed by atoms with Gasteiger partial charge in [-0.3, -0.25) is 4.90 Å². The lowest BCUT2D eigenvalue weighted by molar-refractivity contribution is 0.144. The number of hydrogen-bond donors (Lipinski definition) is 1. The van der Waals surface area contributed by atoms with Crippen LogP contribution < -0.4 is 0 Å². The first-order valence-electron chi connectivity index (χ1n) is 6.50. The molecular formula is C14H19ClFNO. The molecule has 0 bridgehead atoms. The van der Waals surface area contributed by atoms with Crippen LogP contribution in [0.4, 0.5) is 4.39 Å². The van der Waals surface area contributed by atoms with E-state index in [2.05, 4.69) is 4.90 Å². The molecule has 1 N–H and O–H groups in total. The fourth-order valence-electron chi connectivity index (χ4n) is 2.68. The molecule has 1 aliphatic rings. The zero-order chi connectivity index (χ0) is 13.0. The Kier molecular flexibility index (Phi) is 4.98. The Hall–Kier alpha value is -0.640. The summed E-state index contributed by atoms with van der Waals surface area (Å²) in [6, 6.07) is 5.40.